The van der Waals surface area contributed by atoms with Crippen LogP contribution >= 0.6 is 0 Å². The Bertz CT molecular complexity index is 1000. The first-order chi connectivity index (χ1) is 13.7. The summed E-state index contributed by atoms with van der Waals surface area (Å²) < 4.78 is 35.3. The number of sulfone groups is 1. The van der Waals surface area contributed by atoms with Gasteiger partial charge in [0.25, 0.3) is 5.91 Å². The fourth-order valence-electron chi connectivity index (χ4n) is 3.18. The number of para-hydroxylation sites is 1. The number of amides is 1. The van der Waals surface area contributed by atoms with E-state index in [1.807, 2.05) is 30.3 Å². The number of aromatic nitrogens is 2. The Kier molecular flexibility index (Phi) is 5.92. The second-order valence-corrected chi connectivity index (χ2v) is 9.11. The van der Waals surface area contributed by atoms with Gasteiger partial charge >= 0.3 is 5.97 Å². The van der Waals surface area contributed by atoms with Crippen molar-refractivity contribution in [3.8, 4) is 11.4 Å². The van der Waals surface area contributed by atoms with Crippen LogP contribution in [0.2, 0.25) is 0 Å². The smallest absolute Gasteiger partial charge is 0.363 e. The third-order valence-electron chi connectivity index (χ3n) is 4.85. The molecule has 3 rings (SSSR count). The third-order valence-corrected chi connectivity index (χ3v) is 6.60. The van der Waals surface area contributed by atoms with E-state index in [4.69, 9.17) is 9.47 Å². The molecule has 1 saturated heterocycles. The van der Waals surface area contributed by atoms with Gasteiger partial charge in [-0.05, 0) is 25.5 Å². The minimum Gasteiger partial charge on any atom is -0.493 e. The van der Waals surface area contributed by atoms with Gasteiger partial charge in [-0.3, -0.25) is 4.79 Å². The van der Waals surface area contributed by atoms with Crippen LogP contribution in [0.15, 0.2) is 36.5 Å². The summed E-state index contributed by atoms with van der Waals surface area (Å²) in [5.41, 5.74) is 0.679. The lowest BCUT2D eigenvalue weighted by atomic mass is 10.2. The van der Waals surface area contributed by atoms with Crippen molar-refractivity contribution >= 4 is 21.7 Å². The standard InChI is InChI=1S/C19H23N3O6S/c1-13(18(23)21(2)15-9-10-29(25,26)12-15)28-19(24)17-16(27-3)11-22(20-17)14-7-5-4-6-8-14/h4-8,11,13,15H,9-10,12H2,1-3H3/t13-,15-/m0/s1. The van der Waals surface area contributed by atoms with Crippen molar-refractivity contribution < 1.29 is 27.5 Å². The zero-order chi connectivity index (χ0) is 21.2. The monoisotopic (exact) mass is 421 g/mol. The number of carbonyl (C=O) groups is 2. The fourth-order valence-corrected chi connectivity index (χ4v) is 4.95. The molecule has 1 aliphatic heterocycles. The Hall–Kier alpha value is -2.88. The maximum atomic E-state index is 12.6. The molecular weight excluding hydrogens is 398 g/mol. The fraction of sp³-hybridized carbons (Fsp3) is 0.421. The van der Waals surface area contributed by atoms with Gasteiger partial charge in [0, 0.05) is 13.1 Å². The molecule has 10 heteroatoms. The molecule has 2 heterocycles. The maximum Gasteiger partial charge on any atom is 0.363 e. The lowest BCUT2D eigenvalue weighted by Crippen LogP contribution is -2.44. The lowest BCUT2D eigenvalue weighted by molar-refractivity contribution is -0.140. The number of hydrogen-bond acceptors (Lipinski definition) is 7. The van der Waals surface area contributed by atoms with Gasteiger partial charge in [-0.1, -0.05) is 18.2 Å². The highest BCUT2D eigenvalue weighted by molar-refractivity contribution is 7.91. The summed E-state index contributed by atoms with van der Waals surface area (Å²) in [6, 6.07) is 8.75. The Labute approximate surface area is 169 Å². The van der Waals surface area contributed by atoms with E-state index in [2.05, 4.69) is 5.10 Å². The summed E-state index contributed by atoms with van der Waals surface area (Å²) >= 11 is 0. The molecule has 2 atom stereocenters. The first kappa shape index (κ1) is 20.8. The highest BCUT2D eigenvalue weighted by Crippen LogP contribution is 2.22. The lowest BCUT2D eigenvalue weighted by Gasteiger charge is -2.26. The quantitative estimate of drug-likeness (QED) is 0.642. The topological polar surface area (TPSA) is 108 Å². The van der Waals surface area contributed by atoms with Gasteiger partial charge in [-0.2, -0.15) is 5.10 Å². The van der Waals surface area contributed by atoms with Crippen molar-refractivity contribution in [2.45, 2.75) is 25.5 Å². The predicted molar refractivity (Wildman–Crippen MR) is 105 cm³/mol. The van der Waals surface area contributed by atoms with Gasteiger partial charge < -0.3 is 14.4 Å². The van der Waals surface area contributed by atoms with Crippen LogP contribution in [0.4, 0.5) is 0 Å². The van der Waals surface area contributed by atoms with Crippen molar-refractivity contribution in [3.05, 3.63) is 42.2 Å². The largest absolute Gasteiger partial charge is 0.493 e. The molecule has 0 aliphatic carbocycles. The third kappa shape index (κ3) is 4.58. The minimum atomic E-state index is -3.13. The predicted octanol–water partition coefficient (Wildman–Crippen LogP) is 1.07. The van der Waals surface area contributed by atoms with E-state index in [0.717, 1.165) is 5.69 Å². The van der Waals surface area contributed by atoms with Crippen molar-refractivity contribution in [1.82, 2.24) is 14.7 Å². The van der Waals surface area contributed by atoms with Gasteiger partial charge in [0.15, 0.2) is 21.7 Å². The molecule has 9 nitrogen and oxygen atoms in total. The molecule has 2 aromatic rings. The van der Waals surface area contributed by atoms with E-state index >= 15 is 0 Å². The normalized spacial score (nSPS) is 18.8. The average molecular weight is 421 g/mol. The van der Waals surface area contributed by atoms with Crippen LogP contribution < -0.4 is 4.74 Å². The highest BCUT2D eigenvalue weighted by atomic mass is 32.2. The molecular formula is C19H23N3O6S. The number of methoxy groups -OCH3 is 1. The summed E-state index contributed by atoms with van der Waals surface area (Å²) in [5.74, 6) is -1.08. The van der Waals surface area contributed by atoms with E-state index < -0.39 is 33.9 Å². The van der Waals surface area contributed by atoms with Gasteiger partial charge in [0.1, 0.15) is 0 Å². The number of carbonyl (C=O) groups excluding carboxylic acids is 2. The second kappa shape index (κ2) is 8.24. The van der Waals surface area contributed by atoms with E-state index in [1.54, 1.807) is 6.20 Å². The van der Waals surface area contributed by atoms with Crippen molar-refractivity contribution in [1.29, 1.82) is 0 Å². The number of rotatable bonds is 6. The molecule has 0 saturated carbocycles. The number of nitrogens with zero attached hydrogens (tertiary/aromatic N) is 3. The molecule has 0 bridgehead atoms. The van der Waals surface area contributed by atoms with Crippen LogP contribution in [0.25, 0.3) is 5.69 Å². The molecule has 156 valence electrons. The Morgan fingerprint density at radius 3 is 2.55 bits per heavy atom. The zero-order valence-corrected chi connectivity index (χ0v) is 17.3. The van der Waals surface area contributed by atoms with Gasteiger partial charge in [0.05, 0.1) is 30.5 Å². The van der Waals surface area contributed by atoms with Crippen LogP contribution in [0.3, 0.4) is 0 Å². The van der Waals surface area contributed by atoms with Crippen molar-refractivity contribution in [2.24, 2.45) is 0 Å². The summed E-state index contributed by atoms with van der Waals surface area (Å²) in [7, 11) is -0.204. The molecule has 1 aliphatic rings. The second-order valence-electron chi connectivity index (χ2n) is 6.88. The van der Waals surface area contributed by atoms with Crippen molar-refractivity contribution in [2.75, 3.05) is 25.7 Å². The average Bonchev–Trinajstić information content (AvgIpc) is 3.30. The van der Waals surface area contributed by atoms with Gasteiger partial charge in [-0.15, -0.1) is 0 Å². The highest BCUT2D eigenvalue weighted by Gasteiger charge is 2.35. The zero-order valence-electron chi connectivity index (χ0n) is 16.4. The van der Waals surface area contributed by atoms with E-state index in [0.29, 0.717) is 6.42 Å². The molecule has 29 heavy (non-hydrogen) atoms. The van der Waals surface area contributed by atoms with Crippen LogP contribution in [0.1, 0.15) is 23.8 Å². The van der Waals surface area contributed by atoms with Crippen LogP contribution in [0, 0.1) is 0 Å². The summed E-state index contributed by atoms with van der Waals surface area (Å²) in [4.78, 5) is 26.5. The molecule has 1 amide bonds. The summed E-state index contributed by atoms with van der Waals surface area (Å²) in [6.07, 6.45) is 0.830. The number of hydrogen-bond donors (Lipinski definition) is 0. The SMILES string of the molecule is COc1cn(-c2ccccc2)nc1C(=O)O[C@@H](C)C(=O)N(C)[C@H]1CCS(=O)(=O)C1. The van der Waals surface area contributed by atoms with Gasteiger partial charge in [0.2, 0.25) is 5.69 Å². The Morgan fingerprint density at radius 2 is 1.97 bits per heavy atom. The molecule has 0 spiro atoms. The maximum absolute atomic E-state index is 12.6. The van der Waals surface area contributed by atoms with Crippen molar-refractivity contribution in [3.63, 3.8) is 0 Å². The number of ether oxygens (including phenoxy) is 2. The summed E-state index contributed by atoms with van der Waals surface area (Å²) in [6.45, 7) is 1.45. The minimum absolute atomic E-state index is 0.0532. The number of esters is 1. The first-order valence-corrected chi connectivity index (χ1v) is 10.9. The van der Waals surface area contributed by atoms with Crippen LogP contribution in [0.5, 0.6) is 5.75 Å². The number of benzene rings is 1. The molecule has 1 aromatic carbocycles. The Morgan fingerprint density at radius 1 is 1.28 bits per heavy atom. The Balaban J connectivity index is 1.71. The molecule has 1 fully saturated rings. The summed E-state index contributed by atoms with van der Waals surface area (Å²) in [5, 5.41) is 4.22. The first-order valence-electron chi connectivity index (χ1n) is 9.09. The van der Waals surface area contributed by atoms with E-state index in [1.165, 1.54) is 30.7 Å². The molecule has 0 unspecified atom stereocenters. The molecule has 0 N–H and O–H groups in total. The van der Waals surface area contributed by atoms with Crippen LogP contribution in [-0.4, -0.2) is 72.8 Å². The van der Waals surface area contributed by atoms with E-state index in [9.17, 15) is 18.0 Å². The molecule has 0 radical (unpaired) electrons. The van der Waals surface area contributed by atoms with Gasteiger partial charge in [-0.25, -0.2) is 17.9 Å². The van der Waals surface area contributed by atoms with E-state index in [-0.39, 0.29) is 22.9 Å². The molecule has 1 aromatic heterocycles. The number of likely N-dealkylation sites (N-methyl/N-ethyl adjacent to an activating group) is 1. The van der Waals surface area contributed by atoms with Crippen LogP contribution in [-0.2, 0) is 19.4 Å².